The van der Waals surface area contributed by atoms with Gasteiger partial charge in [-0.1, -0.05) is 74.5 Å². The molecule has 0 aliphatic heterocycles. The molecule has 2 N–H and O–H groups in total. The lowest BCUT2D eigenvalue weighted by atomic mass is 9.79. The molecule has 0 bridgehead atoms. The Kier molecular flexibility index (Phi) is 8.12. The number of hydrogen-bond acceptors (Lipinski definition) is 4. The monoisotopic (exact) mass is 498 g/mol. The van der Waals surface area contributed by atoms with E-state index in [1.807, 2.05) is 48.5 Å². The first-order valence-electron chi connectivity index (χ1n) is 12.9. The number of rotatable bonds is 5. The van der Waals surface area contributed by atoms with E-state index in [1.165, 1.54) is 11.1 Å². The molecule has 2 unspecified atom stereocenters. The Morgan fingerprint density at radius 1 is 0.973 bits per heavy atom. The van der Waals surface area contributed by atoms with Gasteiger partial charge in [-0.15, -0.1) is 0 Å². The van der Waals surface area contributed by atoms with Crippen molar-refractivity contribution in [3.8, 4) is 5.75 Å². The highest BCUT2D eigenvalue weighted by Crippen LogP contribution is 2.40. The molecule has 4 aromatic rings. The van der Waals surface area contributed by atoms with Crippen LogP contribution < -0.4 is 5.63 Å². The number of carboxylic acids is 1. The Morgan fingerprint density at radius 2 is 1.65 bits per heavy atom. The van der Waals surface area contributed by atoms with Gasteiger partial charge in [0.1, 0.15) is 11.3 Å². The molecule has 37 heavy (non-hydrogen) atoms. The zero-order valence-corrected chi connectivity index (χ0v) is 21.6. The zero-order chi connectivity index (χ0) is 26.5. The largest absolute Gasteiger partial charge is 0.507 e. The lowest BCUT2D eigenvalue weighted by Crippen LogP contribution is -2.18. The van der Waals surface area contributed by atoms with Crippen molar-refractivity contribution in [3.63, 3.8) is 0 Å². The average molecular weight is 499 g/mol. The van der Waals surface area contributed by atoms with E-state index >= 15 is 0 Å². The van der Waals surface area contributed by atoms with Crippen molar-refractivity contribution >= 4 is 16.9 Å². The summed E-state index contributed by atoms with van der Waals surface area (Å²) in [4.78, 5) is 23.2. The molecule has 3 aromatic carbocycles. The topological polar surface area (TPSA) is 87.7 Å². The van der Waals surface area contributed by atoms with Crippen LogP contribution in [0.15, 0.2) is 82.0 Å². The van der Waals surface area contributed by atoms with E-state index in [0.717, 1.165) is 36.8 Å². The van der Waals surface area contributed by atoms with Crippen LogP contribution in [0.25, 0.3) is 11.0 Å². The third kappa shape index (κ3) is 5.93. The van der Waals surface area contributed by atoms with Crippen molar-refractivity contribution in [2.45, 2.75) is 58.3 Å². The summed E-state index contributed by atoms with van der Waals surface area (Å²) in [6.45, 7) is 6.06. The van der Waals surface area contributed by atoms with E-state index in [4.69, 9.17) is 9.52 Å². The van der Waals surface area contributed by atoms with Crippen molar-refractivity contribution in [1.82, 2.24) is 0 Å². The highest BCUT2D eigenvalue weighted by molar-refractivity contribution is 5.84. The highest BCUT2D eigenvalue weighted by atomic mass is 16.4. The number of benzene rings is 3. The van der Waals surface area contributed by atoms with Crippen LogP contribution >= 0.6 is 0 Å². The number of para-hydroxylation sites is 1. The number of aryl methyl sites for hydroxylation is 1. The molecule has 0 spiro atoms. The van der Waals surface area contributed by atoms with E-state index in [1.54, 1.807) is 25.1 Å². The number of hydrogen-bond donors (Lipinski definition) is 2. The summed E-state index contributed by atoms with van der Waals surface area (Å²) < 4.78 is 5.43. The zero-order valence-electron chi connectivity index (χ0n) is 21.6. The molecule has 5 nitrogen and oxygen atoms in total. The second kappa shape index (κ2) is 11.5. The number of aliphatic carboxylic acids is 1. The molecule has 5 rings (SSSR count). The van der Waals surface area contributed by atoms with Crippen LogP contribution in [0.3, 0.4) is 0 Å². The number of fused-ring (bicyclic) bond motifs is 2. The summed E-state index contributed by atoms with van der Waals surface area (Å²) in [5, 5.41) is 20.1. The fraction of sp³-hybridized carbons (Fsp3) is 0.312. The molecule has 192 valence electrons. The molecular weight excluding hydrogens is 464 g/mol. The van der Waals surface area contributed by atoms with Crippen molar-refractivity contribution in [2.75, 3.05) is 0 Å². The molecule has 2 atom stereocenters. The molecule has 0 amide bonds. The van der Waals surface area contributed by atoms with Gasteiger partial charge in [0, 0.05) is 5.92 Å². The van der Waals surface area contributed by atoms with Crippen molar-refractivity contribution in [3.05, 3.63) is 111 Å². The highest BCUT2D eigenvalue weighted by Gasteiger charge is 2.28. The van der Waals surface area contributed by atoms with Crippen LogP contribution in [0.2, 0.25) is 0 Å². The fourth-order valence-corrected chi connectivity index (χ4v) is 5.07. The lowest BCUT2D eigenvalue weighted by molar-refractivity contribution is -0.138. The molecular formula is C32H34O5. The van der Waals surface area contributed by atoms with E-state index in [9.17, 15) is 14.7 Å². The third-order valence-electron chi connectivity index (χ3n) is 7.03. The second-order valence-corrected chi connectivity index (χ2v) is 10.2. The van der Waals surface area contributed by atoms with E-state index in [2.05, 4.69) is 19.9 Å². The summed E-state index contributed by atoms with van der Waals surface area (Å²) in [6, 6.07) is 23.1. The van der Waals surface area contributed by atoms with Gasteiger partial charge in [-0.2, -0.15) is 0 Å². The predicted octanol–water partition coefficient (Wildman–Crippen LogP) is 7.04. The smallest absolute Gasteiger partial charge is 0.343 e. The normalized spacial score (nSPS) is 15.5. The molecule has 0 radical (unpaired) electrons. The summed E-state index contributed by atoms with van der Waals surface area (Å²) in [5.41, 5.74) is 4.92. The Balaban J connectivity index is 0.000000188. The first-order valence-corrected chi connectivity index (χ1v) is 12.9. The molecule has 1 aliphatic carbocycles. The molecule has 5 heteroatoms. The molecule has 0 saturated carbocycles. The molecule has 0 fully saturated rings. The molecule has 1 aromatic heterocycles. The first-order chi connectivity index (χ1) is 17.8. The minimum absolute atomic E-state index is 0.0635. The maximum atomic E-state index is 12.4. The van der Waals surface area contributed by atoms with Gasteiger partial charge >= 0.3 is 11.6 Å². The quantitative estimate of drug-likeness (QED) is 0.288. The van der Waals surface area contributed by atoms with E-state index in [-0.39, 0.29) is 11.7 Å². The number of carbonyl (C=O) groups is 1. The second-order valence-electron chi connectivity index (χ2n) is 10.2. The molecule has 1 heterocycles. The van der Waals surface area contributed by atoms with Gasteiger partial charge < -0.3 is 14.6 Å². The minimum atomic E-state index is -0.772. The van der Waals surface area contributed by atoms with Crippen LogP contribution in [-0.2, 0) is 17.6 Å². The third-order valence-corrected chi connectivity index (χ3v) is 7.03. The summed E-state index contributed by atoms with van der Waals surface area (Å²) in [7, 11) is 0. The van der Waals surface area contributed by atoms with Gasteiger partial charge in [0.15, 0.2) is 0 Å². The number of carboxylic acid groups (broad SMARTS) is 1. The average Bonchev–Trinajstić information content (AvgIpc) is 2.89. The molecule has 0 saturated heterocycles. The van der Waals surface area contributed by atoms with Crippen molar-refractivity contribution in [1.29, 1.82) is 0 Å². The van der Waals surface area contributed by atoms with E-state index < -0.39 is 17.5 Å². The standard InChI is InChI=1S/C19H16O3.C13H18O2/c20-18-15-9-3-4-11-16(15)22-19(21)17(18)14-10-5-7-12-6-1-2-8-13(12)14;1-9(2)8-11-4-6-12(7-5-11)10(3)13(14)15/h1-4,6,8-9,11,14,20H,5,7,10H2;4-7,9-10H,8H2,1-3H3,(H,14,15). The van der Waals surface area contributed by atoms with Crippen LogP contribution in [0.4, 0.5) is 0 Å². The van der Waals surface area contributed by atoms with Gasteiger partial charge in [0.05, 0.1) is 16.9 Å². The van der Waals surface area contributed by atoms with Crippen molar-refractivity contribution < 1.29 is 19.4 Å². The van der Waals surface area contributed by atoms with Gasteiger partial charge in [-0.25, -0.2) is 4.79 Å². The summed E-state index contributed by atoms with van der Waals surface area (Å²) in [6.07, 6.45) is 3.93. The maximum absolute atomic E-state index is 12.4. The summed E-state index contributed by atoms with van der Waals surface area (Å²) >= 11 is 0. The fourth-order valence-electron chi connectivity index (χ4n) is 5.07. The van der Waals surface area contributed by atoms with Gasteiger partial charge in [0.2, 0.25) is 0 Å². The number of aromatic hydroxyl groups is 1. The predicted molar refractivity (Wildman–Crippen MR) is 146 cm³/mol. The minimum Gasteiger partial charge on any atom is -0.507 e. The van der Waals surface area contributed by atoms with Crippen molar-refractivity contribution in [2.24, 2.45) is 5.92 Å². The Morgan fingerprint density at radius 3 is 2.35 bits per heavy atom. The first kappa shape index (κ1) is 26.2. The van der Waals surface area contributed by atoms with Gasteiger partial charge in [-0.05, 0) is 72.9 Å². The Bertz CT molecular complexity index is 1430. The maximum Gasteiger partial charge on any atom is 0.343 e. The van der Waals surface area contributed by atoms with Crippen LogP contribution in [-0.4, -0.2) is 16.2 Å². The lowest BCUT2D eigenvalue weighted by Gasteiger charge is -2.25. The summed E-state index contributed by atoms with van der Waals surface area (Å²) in [5.74, 6) is -0.586. The van der Waals surface area contributed by atoms with Crippen LogP contribution in [0.5, 0.6) is 5.75 Å². The molecule has 1 aliphatic rings. The van der Waals surface area contributed by atoms with Crippen LogP contribution in [0, 0.1) is 5.92 Å². The Labute approximate surface area is 217 Å². The van der Waals surface area contributed by atoms with Gasteiger partial charge in [-0.3, -0.25) is 4.79 Å². The Hall–Kier alpha value is -3.86. The SMILES string of the molecule is CC(C)Cc1ccc(C(C)C(=O)O)cc1.O=c1oc2ccccc2c(O)c1C1CCCc2ccccc21. The van der Waals surface area contributed by atoms with Gasteiger partial charge in [0.25, 0.3) is 0 Å². The van der Waals surface area contributed by atoms with Crippen LogP contribution in [0.1, 0.15) is 73.3 Å². The van der Waals surface area contributed by atoms with E-state index in [0.29, 0.717) is 22.5 Å².